The highest BCUT2D eigenvalue weighted by Crippen LogP contribution is 2.28. The number of benzene rings is 1. The molecule has 5 nitrogen and oxygen atoms in total. The van der Waals surface area contributed by atoms with Crippen LogP contribution in [0.2, 0.25) is 0 Å². The second-order valence-corrected chi connectivity index (χ2v) is 5.71. The number of piperidine rings is 1. The van der Waals surface area contributed by atoms with Crippen molar-refractivity contribution >= 4 is 22.7 Å². The first-order valence-corrected chi connectivity index (χ1v) is 7.82. The van der Waals surface area contributed by atoms with Crippen LogP contribution in [0.3, 0.4) is 0 Å². The standard InChI is InChI=1S/C17H21N3O2/c1-3-22-17(21)13-7-5-9-20(10-13)16-14-8-4-6-12(2)15(14)18-11-19-16/h4,6,8,11,13H,3,5,7,9-10H2,1-2H3. The van der Waals surface area contributed by atoms with Crippen molar-refractivity contribution in [2.24, 2.45) is 5.92 Å². The maximum absolute atomic E-state index is 12.0. The summed E-state index contributed by atoms with van der Waals surface area (Å²) in [6, 6.07) is 6.12. The van der Waals surface area contributed by atoms with Gasteiger partial charge in [0.2, 0.25) is 0 Å². The van der Waals surface area contributed by atoms with E-state index in [2.05, 4.69) is 27.9 Å². The number of aryl methyl sites for hydroxylation is 1. The number of ether oxygens (including phenoxy) is 1. The van der Waals surface area contributed by atoms with Gasteiger partial charge >= 0.3 is 5.97 Å². The second-order valence-electron chi connectivity index (χ2n) is 5.71. The van der Waals surface area contributed by atoms with Crippen molar-refractivity contribution in [3.05, 3.63) is 30.1 Å². The van der Waals surface area contributed by atoms with Gasteiger partial charge in [-0.2, -0.15) is 0 Å². The van der Waals surface area contributed by atoms with Crippen LogP contribution in [-0.4, -0.2) is 35.6 Å². The minimum atomic E-state index is -0.0956. The third-order valence-electron chi connectivity index (χ3n) is 4.19. The van der Waals surface area contributed by atoms with Gasteiger partial charge in [0.25, 0.3) is 0 Å². The molecule has 0 radical (unpaired) electrons. The van der Waals surface area contributed by atoms with E-state index in [1.807, 2.05) is 19.1 Å². The Kier molecular flexibility index (Phi) is 4.22. The molecule has 1 atom stereocenters. The van der Waals surface area contributed by atoms with Crippen LogP contribution in [0.25, 0.3) is 10.9 Å². The number of carbonyl (C=O) groups is 1. The maximum atomic E-state index is 12.0. The van der Waals surface area contributed by atoms with E-state index >= 15 is 0 Å². The average Bonchev–Trinajstić information content (AvgIpc) is 2.55. The van der Waals surface area contributed by atoms with E-state index < -0.39 is 0 Å². The number of aromatic nitrogens is 2. The summed E-state index contributed by atoms with van der Waals surface area (Å²) in [4.78, 5) is 23.1. The Bertz CT molecular complexity index is 687. The summed E-state index contributed by atoms with van der Waals surface area (Å²) in [7, 11) is 0. The fraction of sp³-hybridized carbons (Fsp3) is 0.471. The monoisotopic (exact) mass is 299 g/mol. The SMILES string of the molecule is CCOC(=O)C1CCCN(c2ncnc3c(C)cccc23)C1. The average molecular weight is 299 g/mol. The summed E-state index contributed by atoms with van der Waals surface area (Å²) in [5, 5.41) is 1.05. The quantitative estimate of drug-likeness (QED) is 0.816. The van der Waals surface area contributed by atoms with E-state index in [-0.39, 0.29) is 11.9 Å². The smallest absolute Gasteiger partial charge is 0.310 e. The van der Waals surface area contributed by atoms with Gasteiger partial charge in [0.1, 0.15) is 12.1 Å². The van der Waals surface area contributed by atoms with Crippen LogP contribution in [-0.2, 0) is 9.53 Å². The van der Waals surface area contributed by atoms with Gasteiger partial charge in [-0.3, -0.25) is 4.79 Å². The van der Waals surface area contributed by atoms with Crippen LogP contribution >= 0.6 is 0 Å². The molecule has 5 heteroatoms. The second kappa shape index (κ2) is 6.30. The molecule has 1 unspecified atom stereocenters. The van der Waals surface area contributed by atoms with Crippen LogP contribution in [0.5, 0.6) is 0 Å². The molecule has 1 fully saturated rings. The summed E-state index contributed by atoms with van der Waals surface area (Å²) in [6.45, 7) is 5.91. The summed E-state index contributed by atoms with van der Waals surface area (Å²) in [5.41, 5.74) is 2.12. The highest BCUT2D eigenvalue weighted by Gasteiger charge is 2.28. The summed E-state index contributed by atoms with van der Waals surface area (Å²) >= 11 is 0. The minimum Gasteiger partial charge on any atom is -0.466 e. The number of anilines is 1. The fourth-order valence-corrected chi connectivity index (χ4v) is 3.10. The molecule has 2 aromatic rings. The first-order valence-electron chi connectivity index (χ1n) is 7.82. The molecular formula is C17H21N3O2. The normalized spacial score (nSPS) is 18.5. The molecule has 0 saturated carbocycles. The number of nitrogens with zero attached hydrogens (tertiary/aromatic N) is 3. The van der Waals surface area contributed by atoms with Crippen molar-refractivity contribution < 1.29 is 9.53 Å². The molecule has 3 rings (SSSR count). The fourth-order valence-electron chi connectivity index (χ4n) is 3.10. The van der Waals surface area contributed by atoms with Gasteiger partial charge in [-0.05, 0) is 38.3 Å². The van der Waals surface area contributed by atoms with Crippen molar-refractivity contribution in [2.75, 3.05) is 24.6 Å². The molecule has 0 bridgehead atoms. The third kappa shape index (κ3) is 2.75. The van der Waals surface area contributed by atoms with Gasteiger partial charge < -0.3 is 9.64 Å². The Morgan fingerprint density at radius 2 is 2.27 bits per heavy atom. The predicted molar refractivity (Wildman–Crippen MR) is 85.8 cm³/mol. The van der Waals surface area contributed by atoms with Gasteiger partial charge in [-0.1, -0.05) is 12.1 Å². The molecular weight excluding hydrogens is 278 g/mol. The van der Waals surface area contributed by atoms with Crippen LogP contribution < -0.4 is 4.90 Å². The zero-order valence-electron chi connectivity index (χ0n) is 13.1. The number of fused-ring (bicyclic) bond motifs is 1. The van der Waals surface area contributed by atoms with Crippen molar-refractivity contribution in [2.45, 2.75) is 26.7 Å². The van der Waals surface area contributed by atoms with Crippen molar-refractivity contribution in [3.8, 4) is 0 Å². The Balaban J connectivity index is 1.91. The number of hydrogen-bond donors (Lipinski definition) is 0. The molecule has 22 heavy (non-hydrogen) atoms. The number of rotatable bonds is 3. The molecule has 116 valence electrons. The van der Waals surface area contributed by atoms with Gasteiger partial charge in [-0.15, -0.1) is 0 Å². The first kappa shape index (κ1) is 14.8. The van der Waals surface area contributed by atoms with Gasteiger partial charge in [0.05, 0.1) is 18.0 Å². The van der Waals surface area contributed by atoms with Gasteiger partial charge in [0.15, 0.2) is 0 Å². The van der Waals surface area contributed by atoms with E-state index in [1.54, 1.807) is 6.33 Å². The number of esters is 1. The highest BCUT2D eigenvalue weighted by atomic mass is 16.5. The van der Waals surface area contributed by atoms with E-state index in [0.29, 0.717) is 13.2 Å². The minimum absolute atomic E-state index is 0.0662. The van der Waals surface area contributed by atoms with Crippen LogP contribution in [0.1, 0.15) is 25.3 Å². The summed E-state index contributed by atoms with van der Waals surface area (Å²) < 4.78 is 5.17. The zero-order valence-corrected chi connectivity index (χ0v) is 13.1. The first-order chi connectivity index (χ1) is 10.7. The number of para-hydroxylation sites is 1. The zero-order chi connectivity index (χ0) is 15.5. The molecule has 1 aliphatic rings. The lowest BCUT2D eigenvalue weighted by Crippen LogP contribution is -2.40. The number of hydrogen-bond acceptors (Lipinski definition) is 5. The highest BCUT2D eigenvalue weighted by molar-refractivity contribution is 5.91. The van der Waals surface area contributed by atoms with E-state index in [4.69, 9.17) is 4.74 Å². The molecule has 2 heterocycles. The molecule has 0 amide bonds. The largest absolute Gasteiger partial charge is 0.466 e. The van der Waals surface area contributed by atoms with Crippen molar-refractivity contribution in [3.63, 3.8) is 0 Å². The van der Waals surface area contributed by atoms with Crippen LogP contribution in [0, 0.1) is 12.8 Å². The Labute approximate surface area is 130 Å². The topological polar surface area (TPSA) is 55.3 Å². The molecule has 0 spiro atoms. The van der Waals surface area contributed by atoms with Gasteiger partial charge in [-0.25, -0.2) is 9.97 Å². The molecule has 1 saturated heterocycles. The van der Waals surface area contributed by atoms with E-state index in [1.165, 1.54) is 0 Å². The van der Waals surface area contributed by atoms with Gasteiger partial charge in [0, 0.05) is 18.5 Å². The molecule has 1 aromatic carbocycles. The third-order valence-corrected chi connectivity index (χ3v) is 4.19. The lowest BCUT2D eigenvalue weighted by molar-refractivity contribution is -0.148. The predicted octanol–water partition coefficient (Wildman–Crippen LogP) is 2.72. The summed E-state index contributed by atoms with van der Waals surface area (Å²) in [5.74, 6) is 0.757. The van der Waals surface area contributed by atoms with Crippen LogP contribution in [0.4, 0.5) is 5.82 Å². The van der Waals surface area contributed by atoms with Crippen molar-refractivity contribution in [1.29, 1.82) is 0 Å². The summed E-state index contributed by atoms with van der Waals surface area (Å²) in [6.07, 6.45) is 3.47. The van der Waals surface area contributed by atoms with Crippen molar-refractivity contribution in [1.82, 2.24) is 9.97 Å². The number of carbonyl (C=O) groups excluding carboxylic acids is 1. The maximum Gasteiger partial charge on any atom is 0.310 e. The van der Waals surface area contributed by atoms with E-state index in [0.717, 1.165) is 41.7 Å². The van der Waals surface area contributed by atoms with E-state index in [9.17, 15) is 4.79 Å². The Morgan fingerprint density at radius 1 is 1.41 bits per heavy atom. The lowest BCUT2D eigenvalue weighted by atomic mass is 9.98. The molecule has 0 N–H and O–H groups in total. The molecule has 1 aliphatic heterocycles. The lowest BCUT2D eigenvalue weighted by Gasteiger charge is -2.32. The Morgan fingerprint density at radius 3 is 3.09 bits per heavy atom. The molecule has 0 aliphatic carbocycles. The molecule has 1 aromatic heterocycles. The van der Waals surface area contributed by atoms with Crippen LogP contribution in [0.15, 0.2) is 24.5 Å². The Hall–Kier alpha value is -2.17.